The van der Waals surface area contributed by atoms with E-state index < -0.39 is 0 Å². The zero-order valence-corrected chi connectivity index (χ0v) is 12.2. The van der Waals surface area contributed by atoms with Crippen LogP contribution in [0.15, 0.2) is 42.5 Å². The van der Waals surface area contributed by atoms with Crippen molar-refractivity contribution in [1.82, 2.24) is 10.6 Å². The second-order valence-electron chi connectivity index (χ2n) is 5.30. The van der Waals surface area contributed by atoms with Crippen molar-refractivity contribution < 1.29 is 5.11 Å². The average Bonchev–Trinajstić information content (AvgIpc) is 2.84. The van der Waals surface area contributed by atoms with Gasteiger partial charge in [-0.2, -0.15) is 0 Å². The quantitative estimate of drug-likeness (QED) is 0.807. The highest BCUT2D eigenvalue weighted by molar-refractivity contribution is 5.85. The summed E-state index contributed by atoms with van der Waals surface area (Å²) in [4.78, 5) is 0. The zero-order chi connectivity index (χ0) is 13.1. The van der Waals surface area contributed by atoms with Gasteiger partial charge in [0.2, 0.25) is 0 Å². The molecule has 1 heterocycles. The molecule has 1 aliphatic rings. The summed E-state index contributed by atoms with van der Waals surface area (Å²) in [5, 5.41) is 18.9. The van der Waals surface area contributed by atoms with Gasteiger partial charge in [-0.05, 0) is 22.4 Å². The second-order valence-corrected chi connectivity index (χ2v) is 5.30. The number of benzene rings is 2. The third-order valence-electron chi connectivity index (χ3n) is 3.85. The van der Waals surface area contributed by atoms with Gasteiger partial charge in [-0.1, -0.05) is 36.4 Å². The predicted molar refractivity (Wildman–Crippen MR) is 85.3 cm³/mol. The number of rotatable bonds is 4. The number of hydrogen-bond donors (Lipinski definition) is 3. The van der Waals surface area contributed by atoms with Gasteiger partial charge in [-0.25, -0.2) is 0 Å². The van der Waals surface area contributed by atoms with Crippen LogP contribution in [0.2, 0.25) is 0 Å². The highest BCUT2D eigenvalue weighted by Crippen LogP contribution is 2.15. The number of β-amino-alcohol motifs (C(OH)–C–C–N with tert-alkyl or cyclic N) is 1. The monoisotopic (exact) mass is 292 g/mol. The number of halogens is 1. The zero-order valence-electron chi connectivity index (χ0n) is 11.4. The Bertz CT molecular complexity index is 561. The van der Waals surface area contributed by atoms with Crippen LogP contribution < -0.4 is 10.6 Å². The number of aliphatic hydroxyl groups is 1. The van der Waals surface area contributed by atoms with Crippen molar-refractivity contribution in [3.63, 3.8) is 0 Å². The number of nitrogens with one attached hydrogen (secondary N) is 2. The van der Waals surface area contributed by atoms with Gasteiger partial charge in [0.05, 0.1) is 6.10 Å². The third-order valence-corrected chi connectivity index (χ3v) is 3.85. The van der Waals surface area contributed by atoms with Gasteiger partial charge in [0.25, 0.3) is 0 Å². The lowest BCUT2D eigenvalue weighted by Crippen LogP contribution is -2.30. The normalized spacial score (nSPS) is 21.9. The lowest BCUT2D eigenvalue weighted by molar-refractivity contribution is 0.146. The first-order valence-corrected chi connectivity index (χ1v) is 6.90. The molecule has 4 heteroatoms. The van der Waals surface area contributed by atoms with E-state index in [1.54, 1.807) is 0 Å². The molecule has 20 heavy (non-hydrogen) atoms. The smallest absolute Gasteiger partial charge is 0.0716 e. The molecule has 0 saturated carbocycles. The Morgan fingerprint density at radius 3 is 2.65 bits per heavy atom. The van der Waals surface area contributed by atoms with E-state index in [4.69, 9.17) is 0 Å². The van der Waals surface area contributed by atoms with Gasteiger partial charge in [0.1, 0.15) is 0 Å². The van der Waals surface area contributed by atoms with Crippen molar-refractivity contribution in [3.05, 3.63) is 48.0 Å². The van der Waals surface area contributed by atoms with Crippen molar-refractivity contribution in [3.8, 4) is 0 Å². The van der Waals surface area contributed by atoms with Crippen molar-refractivity contribution in [1.29, 1.82) is 0 Å². The molecule has 1 saturated heterocycles. The fraction of sp³-hybridized carbons (Fsp3) is 0.375. The molecule has 0 amide bonds. The average molecular weight is 293 g/mol. The minimum atomic E-state index is -0.205. The Morgan fingerprint density at radius 2 is 1.90 bits per heavy atom. The van der Waals surface area contributed by atoms with Crippen LogP contribution in [0.25, 0.3) is 10.8 Å². The van der Waals surface area contributed by atoms with Crippen LogP contribution in [0.5, 0.6) is 0 Å². The Kier molecular flexibility index (Phi) is 5.38. The van der Waals surface area contributed by atoms with E-state index in [-0.39, 0.29) is 18.5 Å². The van der Waals surface area contributed by atoms with E-state index in [0.717, 1.165) is 26.2 Å². The van der Waals surface area contributed by atoms with Crippen LogP contribution in [-0.2, 0) is 6.54 Å². The highest BCUT2D eigenvalue weighted by Gasteiger charge is 2.23. The molecule has 1 fully saturated rings. The molecule has 3 rings (SSSR count). The van der Waals surface area contributed by atoms with Crippen LogP contribution >= 0.6 is 12.4 Å². The Hall–Kier alpha value is -1.13. The Morgan fingerprint density at radius 1 is 1.10 bits per heavy atom. The molecule has 2 atom stereocenters. The maximum Gasteiger partial charge on any atom is 0.0716 e. The molecular weight excluding hydrogens is 272 g/mol. The molecule has 0 aromatic heterocycles. The Labute approximate surface area is 125 Å². The van der Waals surface area contributed by atoms with Crippen molar-refractivity contribution in [2.75, 3.05) is 19.6 Å². The molecule has 1 aliphatic heterocycles. The summed E-state index contributed by atoms with van der Waals surface area (Å²) < 4.78 is 0. The largest absolute Gasteiger partial charge is 0.391 e. The minimum Gasteiger partial charge on any atom is -0.391 e. The van der Waals surface area contributed by atoms with Crippen LogP contribution in [0.1, 0.15) is 5.56 Å². The summed E-state index contributed by atoms with van der Waals surface area (Å²) in [5.74, 6) is 0.334. The second kappa shape index (κ2) is 7.04. The third kappa shape index (κ3) is 3.49. The summed E-state index contributed by atoms with van der Waals surface area (Å²) in [7, 11) is 0. The molecular formula is C16H21ClN2O. The van der Waals surface area contributed by atoms with E-state index in [9.17, 15) is 5.11 Å². The van der Waals surface area contributed by atoms with E-state index >= 15 is 0 Å². The van der Waals surface area contributed by atoms with E-state index in [0.29, 0.717) is 5.92 Å². The van der Waals surface area contributed by atoms with Crippen LogP contribution in [0.4, 0.5) is 0 Å². The molecule has 0 aliphatic carbocycles. The fourth-order valence-electron chi connectivity index (χ4n) is 2.68. The first-order valence-electron chi connectivity index (χ1n) is 6.90. The van der Waals surface area contributed by atoms with Crippen molar-refractivity contribution >= 4 is 23.2 Å². The van der Waals surface area contributed by atoms with Gasteiger partial charge in [-0.15, -0.1) is 12.4 Å². The molecule has 108 valence electrons. The number of hydrogen-bond acceptors (Lipinski definition) is 3. The number of aliphatic hydroxyl groups excluding tert-OH is 1. The van der Waals surface area contributed by atoms with Gasteiger partial charge in [0, 0.05) is 32.1 Å². The highest BCUT2D eigenvalue weighted by atomic mass is 35.5. The summed E-state index contributed by atoms with van der Waals surface area (Å²) in [6, 6.07) is 15.0. The van der Waals surface area contributed by atoms with Crippen LogP contribution in [0.3, 0.4) is 0 Å². The molecule has 0 bridgehead atoms. The summed E-state index contributed by atoms with van der Waals surface area (Å²) >= 11 is 0. The van der Waals surface area contributed by atoms with Gasteiger partial charge in [0.15, 0.2) is 0 Å². The first kappa shape index (κ1) is 15.3. The maximum absolute atomic E-state index is 9.72. The summed E-state index contributed by atoms with van der Waals surface area (Å²) in [5.41, 5.74) is 1.29. The first-order chi connectivity index (χ1) is 9.33. The van der Waals surface area contributed by atoms with Crippen molar-refractivity contribution in [2.45, 2.75) is 12.6 Å². The molecule has 3 N–H and O–H groups in total. The van der Waals surface area contributed by atoms with Crippen LogP contribution in [0, 0.1) is 5.92 Å². The molecule has 2 unspecified atom stereocenters. The van der Waals surface area contributed by atoms with E-state index in [1.165, 1.54) is 16.3 Å². The Balaban J connectivity index is 0.00000147. The summed E-state index contributed by atoms with van der Waals surface area (Å²) in [6.45, 7) is 3.35. The van der Waals surface area contributed by atoms with E-state index in [2.05, 4.69) is 53.1 Å². The topological polar surface area (TPSA) is 44.3 Å². The summed E-state index contributed by atoms with van der Waals surface area (Å²) in [6.07, 6.45) is -0.205. The number of fused-ring (bicyclic) bond motifs is 1. The lowest BCUT2D eigenvalue weighted by atomic mass is 10.1. The molecule has 2 aromatic rings. The minimum absolute atomic E-state index is 0. The fourth-order valence-corrected chi connectivity index (χ4v) is 2.68. The maximum atomic E-state index is 9.72. The van der Waals surface area contributed by atoms with Crippen molar-refractivity contribution in [2.24, 2.45) is 5.92 Å². The molecule has 0 spiro atoms. The van der Waals surface area contributed by atoms with Gasteiger partial charge >= 0.3 is 0 Å². The lowest BCUT2D eigenvalue weighted by Gasteiger charge is -2.14. The standard InChI is InChI=1S/C16H20N2O.ClH/c19-16-11-18-10-15(16)9-17-8-12-5-6-13-3-1-2-4-14(13)7-12;/h1-7,15-19H,8-11H2;1H. The van der Waals surface area contributed by atoms with Crippen LogP contribution in [-0.4, -0.2) is 30.8 Å². The molecule has 2 aromatic carbocycles. The predicted octanol–water partition coefficient (Wildman–Crippen LogP) is 1.93. The molecule has 3 nitrogen and oxygen atoms in total. The van der Waals surface area contributed by atoms with Gasteiger partial charge < -0.3 is 15.7 Å². The van der Waals surface area contributed by atoms with E-state index in [1.807, 2.05) is 0 Å². The SMILES string of the molecule is Cl.OC1CNCC1CNCc1ccc2ccccc2c1. The van der Waals surface area contributed by atoms with Gasteiger partial charge in [-0.3, -0.25) is 0 Å². The molecule has 0 radical (unpaired) electrons.